The molecule has 8 heteroatoms. The Morgan fingerprint density at radius 3 is 2.46 bits per heavy atom. The molecule has 0 spiro atoms. The van der Waals surface area contributed by atoms with Crippen LogP contribution in [-0.4, -0.2) is 38.0 Å². The summed E-state index contributed by atoms with van der Waals surface area (Å²) in [5.74, 6) is 2.56. The number of aryl methyl sites for hydroxylation is 1. The first-order valence-electron chi connectivity index (χ1n) is 8.88. The molecule has 1 aromatic heterocycles. The van der Waals surface area contributed by atoms with Crippen molar-refractivity contribution in [2.24, 2.45) is 5.14 Å². The normalized spacial score (nSPS) is 15.1. The highest BCUT2D eigenvalue weighted by molar-refractivity contribution is 7.89. The summed E-state index contributed by atoms with van der Waals surface area (Å²) in [6.45, 7) is 4.70. The third-order valence-electron chi connectivity index (χ3n) is 4.48. The number of nitrogens with two attached hydrogens (primary N) is 1. The molecule has 0 unspecified atom stereocenters. The minimum absolute atomic E-state index is 0.131. The van der Waals surface area contributed by atoms with E-state index in [1.807, 2.05) is 13.0 Å². The molecule has 7 nitrogen and oxygen atoms in total. The third kappa shape index (κ3) is 4.92. The number of hydrogen-bond acceptors (Lipinski definition) is 6. The Kier molecular flexibility index (Phi) is 5.73. The molecule has 1 fully saturated rings. The van der Waals surface area contributed by atoms with Gasteiger partial charge in [0.15, 0.2) is 0 Å². The maximum atomic E-state index is 11.3. The predicted molar refractivity (Wildman–Crippen MR) is 103 cm³/mol. The van der Waals surface area contributed by atoms with Gasteiger partial charge in [-0.15, -0.1) is 0 Å². The molecule has 1 aliphatic rings. The highest BCUT2D eigenvalue weighted by Gasteiger charge is 2.13. The molecule has 140 valence electrons. The summed E-state index contributed by atoms with van der Waals surface area (Å²) in [7, 11) is -3.64. The lowest BCUT2D eigenvalue weighted by Crippen LogP contribution is -2.30. The van der Waals surface area contributed by atoms with E-state index in [-0.39, 0.29) is 4.90 Å². The van der Waals surface area contributed by atoms with Gasteiger partial charge in [-0.2, -0.15) is 0 Å². The molecule has 3 N–H and O–H groups in total. The molecular formula is C18H25N5O2S. The Bertz CT molecular complexity index is 846. The zero-order chi connectivity index (χ0) is 18.6. The van der Waals surface area contributed by atoms with Gasteiger partial charge in [0.2, 0.25) is 10.0 Å². The number of benzene rings is 1. The molecule has 0 aliphatic carbocycles. The summed E-state index contributed by atoms with van der Waals surface area (Å²) >= 11 is 0. The second kappa shape index (κ2) is 8.01. The molecule has 0 saturated carbocycles. The molecule has 0 radical (unpaired) electrons. The Labute approximate surface area is 154 Å². The van der Waals surface area contributed by atoms with Crippen molar-refractivity contribution in [3.8, 4) is 0 Å². The third-order valence-corrected chi connectivity index (χ3v) is 5.41. The second-order valence-corrected chi connectivity index (χ2v) is 8.13. The van der Waals surface area contributed by atoms with E-state index in [0.29, 0.717) is 6.54 Å². The molecule has 1 aliphatic heterocycles. The predicted octanol–water partition coefficient (Wildman–Crippen LogP) is 2.08. The van der Waals surface area contributed by atoms with Gasteiger partial charge in [-0.05, 0) is 50.3 Å². The summed E-state index contributed by atoms with van der Waals surface area (Å²) in [5.41, 5.74) is 1.03. The van der Waals surface area contributed by atoms with Gasteiger partial charge in [0, 0.05) is 25.7 Å². The van der Waals surface area contributed by atoms with Crippen LogP contribution in [0, 0.1) is 6.92 Å². The van der Waals surface area contributed by atoms with Gasteiger partial charge in [-0.25, -0.2) is 23.5 Å². The van der Waals surface area contributed by atoms with Crippen molar-refractivity contribution >= 4 is 21.7 Å². The lowest BCUT2D eigenvalue weighted by molar-refractivity contribution is 0.572. The van der Waals surface area contributed by atoms with Crippen molar-refractivity contribution in [1.82, 2.24) is 9.97 Å². The SMILES string of the molecule is Cc1nc(NCCc2ccc(S(N)(=O)=O)cc2)cc(N2CCCCC2)n1. The zero-order valence-electron chi connectivity index (χ0n) is 15.0. The number of nitrogens with one attached hydrogen (secondary N) is 1. The molecule has 0 bridgehead atoms. The first-order valence-corrected chi connectivity index (χ1v) is 10.4. The van der Waals surface area contributed by atoms with E-state index in [1.54, 1.807) is 12.1 Å². The molecule has 0 atom stereocenters. The molecule has 2 heterocycles. The first-order chi connectivity index (χ1) is 12.4. The van der Waals surface area contributed by atoms with E-state index in [4.69, 9.17) is 5.14 Å². The zero-order valence-corrected chi connectivity index (χ0v) is 15.8. The van der Waals surface area contributed by atoms with E-state index in [9.17, 15) is 8.42 Å². The van der Waals surface area contributed by atoms with Crippen LogP contribution in [0.25, 0.3) is 0 Å². The maximum absolute atomic E-state index is 11.3. The lowest BCUT2D eigenvalue weighted by atomic mass is 10.1. The van der Waals surface area contributed by atoms with Crippen LogP contribution >= 0.6 is 0 Å². The molecule has 3 rings (SSSR count). The first kappa shape index (κ1) is 18.6. The van der Waals surface area contributed by atoms with E-state index in [0.717, 1.165) is 42.5 Å². The van der Waals surface area contributed by atoms with Crippen LogP contribution in [0.1, 0.15) is 30.7 Å². The van der Waals surface area contributed by atoms with E-state index < -0.39 is 10.0 Å². The van der Waals surface area contributed by atoms with E-state index in [1.165, 1.54) is 31.4 Å². The summed E-state index contributed by atoms with van der Waals surface area (Å²) in [6.07, 6.45) is 4.46. The number of primary sulfonamides is 1. The lowest BCUT2D eigenvalue weighted by Gasteiger charge is -2.28. The van der Waals surface area contributed by atoms with Crippen LogP contribution in [0.15, 0.2) is 35.2 Å². The fraction of sp³-hybridized carbons (Fsp3) is 0.444. The Morgan fingerprint density at radius 2 is 1.81 bits per heavy atom. The minimum Gasteiger partial charge on any atom is -0.370 e. The number of anilines is 2. The monoisotopic (exact) mass is 375 g/mol. The Balaban J connectivity index is 1.60. The van der Waals surface area contributed by atoms with Crippen molar-refractivity contribution in [3.63, 3.8) is 0 Å². The van der Waals surface area contributed by atoms with Crippen molar-refractivity contribution in [2.45, 2.75) is 37.5 Å². The van der Waals surface area contributed by atoms with Crippen molar-refractivity contribution in [1.29, 1.82) is 0 Å². The van der Waals surface area contributed by atoms with Gasteiger partial charge in [0.1, 0.15) is 17.5 Å². The summed E-state index contributed by atoms with van der Waals surface area (Å²) in [5, 5.41) is 8.45. The molecule has 0 amide bonds. The van der Waals surface area contributed by atoms with E-state index in [2.05, 4.69) is 20.2 Å². The van der Waals surface area contributed by atoms with Crippen molar-refractivity contribution in [2.75, 3.05) is 29.9 Å². The number of rotatable bonds is 6. The van der Waals surface area contributed by atoms with Gasteiger partial charge in [-0.1, -0.05) is 12.1 Å². The second-order valence-electron chi connectivity index (χ2n) is 6.57. The van der Waals surface area contributed by atoms with Crippen LogP contribution in [-0.2, 0) is 16.4 Å². The van der Waals surface area contributed by atoms with Crippen LogP contribution in [0.5, 0.6) is 0 Å². The highest BCUT2D eigenvalue weighted by atomic mass is 32.2. The van der Waals surface area contributed by atoms with Crippen LogP contribution in [0.2, 0.25) is 0 Å². The van der Waals surface area contributed by atoms with Crippen LogP contribution < -0.4 is 15.4 Å². The number of hydrogen-bond donors (Lipinski definition) is 2. The smallest absolute Gasteiger partial charge is 0.238 e. The molecule has 2 aromatic rings. The van der Waals surface area contributed by atoms with Crippen molar-refractivity contribution < 1.29 is 8.42 Å². The molecule has 26 heavy (non-hydrogen) atoms. The van der Waals surface area contributed by atoms with Gasteiger partial charge in [-0.3, -0.25) is 0 Å². The Morgan fingerprint density at radius 1 is 1.12 bits per heavy atom. The van der Waals surface area contributed by atoms with E-state index >= 15 is 0 Å². The van der Waals surface area contributed by atoms with Crippen molar-refractivity contribution in [3.05, 3.63) is 41.7 Å². The summed E-state index contributed by atoms with van der Waals surface area (Å²) in [4.78, 5) is 11.5. The highest BCUT2D eigenvalue weighted by Crippen LogP contribution is 2.20. The quantitative estimate of drug-likeness (QED) is 0.802. The fourth-order valence-corrected chi connectivity index (χ4v) is 3.62. The standard InChI is InChI=1S/C18H25N5O2S/c1-14-21-17(13-18(22-14)23-11-3-2-4-12-23)20-10-9-15-5-7-16(8-6-15)26(19,24)25/h5-8,13H,2-4,9-12H2,1H3,(H2,19,24,25)(H,20,21,22). The maximum Gasteiger partial charge on any atom is 0.238 e. The van der Waals surface area contributed by atoms with Crippen LogP contribution in [0.4, 0.5) is 11.6 Å². The summed E-state index contributed by atoms with van der Waals surface area (Å²) < 4.78 is 22.6. The average Bonchev–Trinajstić information content (AvgIpc) is 2.62. The van der Waals surface area contributed by atoms with Gasteiger partial charge in [0.05, 0.1) is 4.90 Å². The number of sulfonamides is 1. The van der Waals surface area contributed by atoms with Gasteiger partial charge >= 0.3 is 0 Å². The minimum atomic E-state index is -3.64. The number of aromatic nitrogens is 2. The largest absolute Gasteiger partial charge is 0.370 e. The Hall–Kier alpha value is -2.19. The molecule has 1 aromatic carbocycles. The topological polar surface area (TPSA) is 101 Å². The number of piperidine rings is 1. The number of nitrogens with zero attached hydrogens (tertiary/aromatic N) is 3. The summed E-state index contributed by atoms with van der Waals surface area (Å²) in [6, 6.07) is 8.64. The molecular weight excluding hydrogens is 350 g/mol. The average molecular weight is 375 g/mol. The van der Waals surface area contributed by atoms with Gasteiger partial charge in [0.25, 0.3) is 0 Å². The van der Waals surface area contributed by atoms with Gasteiger partial charge < -0.3 is 10.2 Å². The molecule has 1 saturated heterocycles. The fourth-order valence-electron chi connectivity index (χ4n) is 3.11. The van der Waals surface area contributed by atoms with Crippen LogP contribution in [0.3, 0.4) is 0 Å².